The van der Waals surface area contributed by atoms with Gasteiger partial charge in [0.2, 0.25) is 11.8 Å². The van der Waals surface area contributed by atoms with E-state index in [1.165, 1.54) is 18.3 Å². The maximum atomic E-state index is 12.9. The zero-order chi connectivity index (χ0) is 13.1. The molecule has 0 radical (unpaired) electrons. The summed E-state index contributed by atoms with van der Waals surface area (Å²) in [5.74, 6) is 5.11. The summed E-state index contributed by atoms with van der Waals surface area (Å²) in [5.41, 5.74) is 2.25. The molecule has 5 nitrogen and oxygen atoms in total. The molecule has 1 heterocycles. The molecule has 0 spiro atoms. The fourth-order valence-corrected chi connectivity index (χ4v) is 1.49. The molecule has 3 N–H and O–H groups in total. The number of nitrogens with one attached hydrogen (secondary N) is 1. The molecular formula is C10H7Cl2FN4O. The third-order valence-electron chi connectivity index (χ3n) is 1.94. The number of benzene rings is 1. The average Bonchev–Trinajstić information content (AvgIpc) is 2.35. The molecule has 0 fully saturated rings. The molecule has 8 heteroatoms. The zero-order valence-electron chi connectivity index (χ0n) is 8.82. The van der Waals surface area contributed by atoms with E-state index in [1.807, 2.05) is 0 Å². The van der Waals surface area contributed by atoms with Gasteiger partial charge < -0.3 is 4.74 Å². The van der Waals surface area contributed by atoms with Gasteiger partial charge in [-0.2, -0.15) is 4.98 Å². The predicted molar refractivity (Wildman–Crippen MR) is 66.3 cm³/mol. The normalized spacial score (nSPS) is 10.2. The van der Waals surface area contributed by atoms with Crippen molar-refractivity contribution in [1.29, 1.82) is 0 Å². The number of nitrogens with zero attached hydrogens (tertiary/aromatic N) is 2. The highest BCUT2D eigenvalue weighted by molar-refractivity contribution is 6.32. The Labute approximate surface area is 112 Å². The average molecular weight is 289 g/mol. The van der Waals surface area contributed by atoms with E-state index in [1.54, 1.807) is 0 Å². The maximum Gasteiger partial charge on any atom is 0.243 e. The Morgan fingerprint density at radius 2 is 2.06 bits per heavy atom. The first-order valence-corrected chi connectivity index (χ1v) is 5.48. The van der Waals surface area contributed by atoms with Crippen LogP contribution >= 0.6 is 23.2 Å². The molecule has 1 aromatic heterocycles. The Kier molecular flexibility index (Phi) is 3.81. The van der Waals surface area contributed by atoms with Gasteiger partial charge in [0.25, 0.3) is 0 Å². The number of nitrogens with two attached hydrogens (primary N) is 1. The third kappa shape index (κ3) is 2.79. The van der Waals surface area contributed by atoms with Gasteiger partial charge in [0.15, 0.2) is 0 Å². The van der Waals surface area contributed by atoms with Crippen molar-refractivity contribution >= 4 is 29.2 Å². The van der Waals surface area contributed by atoms with Gasteiger partial charge in [-0.25, -0.2) is 15.2 Å². The molecular weight excluding hydrogens is 282 g/mol. The lowest BCUT2D eigenvalue weighted by Crippen LogP contribution is -2.10. The summed E-state index contributed by atoms with van der Waals surface area (Å²) in [7, 11) is 0. The molecule has 2 rings (SSSR count). The molecule has 0 bridgehead atoms. The lowest BCUT2D eigenvalue weighted by molar-refractivity contribution is 0.461. The summed E-state index contributed by atoms with van der Waals surface area (Å²) in [4.78, 5) is 7.68. The van der Waals surface area contributed by atoms with Crippen LogP contribution in [0.2, 0.25) is 10.0 Å². The molecule has 0 aliphatic heterocycles. The van der Waals surface area contributed by atoms with E-state index in [2.05, 4.69) is 15.4 Å². The highest BCUT2D eigenvalue weighted by Gasteiger charge is 2.10. The van der Waals surface area contributed by atoms with E-state index >= 15 is 0 Å². The van der Waals surface area contributed by atoms with E-state index in [9.17, 15) is 4.39 Å². The Morgan fingerprint density at radius 3 is 2.72 bits per heavy atom. The number of halogens is 3. The zero-order valence-corrected chi connectivity index (χ0v) is 10.3. The Morgan fingerprint density at radius 1 is 1.28 bits per heavy atom. The summed E-state index contributed by atoms with van der Waals surface area (Å²) in [6.07, 6.45) is 1.32. The number of rotatable bonds is 3. The van der Waals surface area contributed by atoms with Crippen LogP contribution in [0.25, 0.3) is 0 Å². The Bertz CT molecular complexity index is 582. The van der Waals surface area contributed by atoms with E-state index in [0.717, 1.165) is 6.07 Å². The van der Waals surface area contributed by atoms with E-state index in [-0.39, 0.29) is 27.6 Å². The van der Waals surface area contributed by atoms with Crippen molar-refractivity contribution < 1.29 is 9.13 Å². The summed E-state index contributed by atoms with van der Waals surface area (Å²) >= 11 is 11.7. The van der Waals surface area contributed by atoms with Gasteiger partial charge in [0, 0.05) is 0 Å². The Hall–Kier alpha value is -1.63. The van der Waals surface area contributed by atoms with Gasteiger partial charge in [-0.15, -0.1) is 0 Å². The summed E-state index contributed by atoms with van der Waals surface area (Å²) < 4.78 is 18.2. The van der Waals surface area contributed by atoms with Crippen LogP contribution in [0.4, 0.5) is 10.3 Å². The first kappa shape index (κ1) is 12.8. The van der Waals surface area contributed by atoms with Gasteiger partial charge in [0.05, 0.1) is 11.2 Å². The summed E-state index contributed by atoms with van der Waals surface area (Å²) in [6.45, 7) is 0. The minimum absolute atomic E-state index is 0.0631. The van der Waals surface area contributed by atoms with E-state index < -0.39 is 5.82 Å². The van der Waals surface area contributed by atoms with Gasteiger partial charge in [-0.3, -0.25) is 5.43 Å². The van der Waals surface area contributed by atoms with Crippen LogP contribution in [0.15, 0.2) is 24.4 Å². The Balaban J connectivity index is 2.33. The van der Waals surface area contributed by atoms with Crippen LogP contribution in [-0.2, 0) is 0 Å². The van der Waals surface area contributed by atoms with Crippen molar-refractivity contribution in [1.82, 2.24) is 9.97 Å². The van der Waals surface area contributed by atoms with E-state index in [0.29, 0.717) is 0 Å². The summed E-state index contributed by atoms with van der Waals surface area (Å²) in [6, 6.07) is 3.69. The quantitative estimate of drug-likeness (QED) is 0.671. The van der Waals surface area contributed by atoms with Gasteiger partial charge in [0.1, 0.15) is 16.6 Å². The van der Waals surface area contributed by atoms with Crippen LogP contribution in [-0.4, -0.2) is 9.97 Å². The number of hydrazine groups is 1. The first-order chi connectivity index (χ1) is 8.60. The molecule has 0 aliphatic carbocycles. The lowest BCUT2D eigenvalue weighted by Gasteiger charge is -2.08. The number of hydrogen-bond acceptors (Lipinski definition) is 5. The maximum absolute atomic E-state index is 12.9. The fraction of sp³-hybridized carbons (Fsp3) is 0. The highest BCUT2D eigenvalue weighted by atomic mass is 35.5. The van der Waals surface area contributed by atoms with Gasteiger partial charge in [-0.05, 0) is 18.2 Å². The largest absolute Gasteiger partial charge is 0.436 e. The van der Waals surface area contributed by atoms with Crippen LogP contribution in [0.1, 0.15) is 0 Å². The molecule has 1 aromatic carbocycles. The number of nitrogen functional groups attached to an aromatic ring is 1. The second-order valence-corrected chi connectivity index (χ2v) is 3.98. The summed E-state index contributed by atoms with van der Waals surface area (Å²) in [5, 5.41) is 0.279. The molecule has 2 aromatic rings. The number of aromatic nitrogens is 2. The molecule has 94 valence electrons. The topological polar surface area (TPSA) is 73.1 Å². The second kappa shape index (κ2) is 5.34. The smallest absolute Gasteiger partial charge is 0.243 e. The molecule has 0 atom stereocenters. The van der Waals surface area contributed by atoms with Crippen LogP contribution in [0.5, 0.6) is 11.6 Å². The van der Waals surface area contributed by atoms with Crippen LogP contribution < -0.4 is 16.0 Å². The standard InChI is InChI=1S/C10H7Cl2FN4O/c11-6-3-5(13)1-2-8(6)18-9-7(12)4-15-10(16-9)17-14/h1-4H,14H2,(H,15,16,17). The van der Waals surface area contributed by atoms with Crippen molar-refractivity contribution in [2.75, 3.05) is 5.43 Å². The molecule has 18 heavy (non-hydrogen) atoms. The van der Waals surface area contributed by atoms with Crippen molar-refractivity contribution in [3.63, 3.8) is 0 Å². The minimum Gasteiger partial charge on any atom is -0.436 e. The molecule has 0 aliphatic rings. The van der Waals surface area contributed by atoms with Crippen molar-refractivity contribution in [3.05, 3.63) is 40.3 Å². The fourth-order valence-electron chi connectivity index (χ4n) is 1.15. The van der Waals surface area contributed by atoms with Crippen LogP contribution in [0.3, 0.4) is 0 Å². The van der Waals surface area contributed by atoms with Crippen molar-refractivity contribution in [3.8, 4) is 11.6 Å². The third-order valence-corrected chi connectivity index (χ3v) is 2.50. The number of anilines is 1. The monoisotopic (exact) mass is 288 g/mol. The number of ether oxygens (including phenoxy) is 1. The first-order valence-electron chi connectivity index (χ1n) is 4.72. The van der Waals surface area contributed by atoms with Crippen LogP contribution in [0, 0.1) is 5.82 Å². The second-order valence-electron chi connectivity index (χ2n) is 3.17. The SMILES string of the molecule is NNc1ncc(Cl)c(Oc2ccc(F)cc2Cl)n1. The predicted octanol–water partition coefficient (Wildman–Crippen LogP) is 3.00. The van der Waals surface area contributed by atoms with Crippen molar-refractivity contribution in [2.45, 2.75) is 0 Å². The molecule has 0 amide bonds. The molecule has 0 saturated heterocycles. The highest BCUT2D eigenvalue weighted by Crippen LogP contribution is 2.32. The number of hydrogen-bond donors (Lipinski definition) is 2. The molecule has 0 saturated carbocycles. The van der Waals surface area contributed by atoms with E-state index in [4.69, 9.17) is 33.8 Å². The molecule has 0 unspecified atom stereocenters. The lowest BCUT2D eigenvalue weighted by atomic mass is 10.3. The van der Waals surface area contributed by atoms with Gasteiger partial charge in [-0.1, -0.05) is 23.2 Å². The van der Waals surface area contributed by atoms with Gasteiger partial charge >= 0.3 is 0 Å². The van der Waals surface area contributed by atoms with Crippen molar-refractivity contribution in [2.24, 2.45) is 5.84 Å². The minimum atomic E-state index is -0.467.